The zero-order chi connectivity index (χ0) is 16.6. The molecular weight excluding hydrogens is 314 g/mol. The lowest BCUT2D eigenvalue weighted by Gasteiger charge is -2.23. The minimum Gasteiger partial charge on any atom is -0.466 e. The van der Waals surface area contributed by atoms with E-state index in [1.54, 1.807) is 6.92 Å². The Morgan fingerprint density at radius 2 is 2.22 bits per heavy atom. The lowest BCUT2D eigenvalue weighted by molar-refractivity contribution is 0.0515. The smallest absolute Gasteiger partial charge is 0.261 e. The van der Waals surface area contributed by atoms with Crippen LogP contribution in [0, 0.1) is 13.8 Å². The van der Waals surface area contributed by atoms with E-state index in [-0.39, 0.29) is 12.5 Å². The van der Waals surface area contributed by atoms with E-state index in [0.717, 1.165) is 17.7 Å². The number of fused-ring (bicyclic) bond motifs is 1. The summed E-state index contributed by atoms with van der Waals surface area (Å²) >= 11 is 1.50. The maximum atomic E-state index is 12.4. The van der Waals surface area contributed by atoms with E-state index in [0.29, 0.717) is 29.4 Å². The molecule has 2 N–H and O–H groups in total. The molecule has 2 aromatic rings. The van der Waals surface area contributed by atoms with E-state index in [4.69, 9.17) is 9.15 Å². The SMILES string of the molecule is Cc1cc(C(C)(O)CNC(=O)c2cc3c(s2)CCOC3)c(C)o1. The molecule has 0 saturated carbocycles. The molecule has 1 atom stereocenters. The number of thiophene rings is 1. The molecule has 3 heterocycles. The van der Waals surface area contributed by atoms with Crippen molar-refractivity contribution in [3.63, 3.8) is 0 Å². The van der Waals surface area contributed by atoms with Crippen molar-refractivity contribution in [2.75, 3.05) is 13.2 Å². The van der Waals surface area contributed by atoms with Gasteiger partial charge in [-0.1, -0.05) is 0 Å². The van der Waals surface area contributed by atoms with Crippen molar-refractivity contribution in [1.82, 2.24) is 5.32 Å². The van der Waals surface area contributed by atoms with Gasteiger partial charge in [0.1, 0.15) is 17.1 Å². The van der Waals surface area contributed by atoms with Crippen molar-refractivity contribution >= 4 is 17.2 Å². The largest absolute Gasteiger partial charge is 0.466 e. The molecular formula is C17H21NO4S. The summed E-state index contributed by atoms with van der Waals surface area (Å²) in [5, 5.41) is 13.5. The molecule has 0 fully saturated rings. The highest BCUT2D eigenvalue weighted by molar-refractivity contribution is 7.14. The summed E-state index contributed by atoms with van der Waals surface area (Å²) in [6.45, 7) is 6.74. The van der Waals surface area contributed by atoms with Crippen molar-refractivity contribution < 1.29 is 19.1 Å². The second-order valence-electron chi connectivity index (χ2n) is 6.15. The number of hydrogen-bond acceptors (Lipinski definition) is 5. The summed E-state index contributed by atoms with van der Waals surface area (Å²) < 4.78 is 10.9. The minimum absolute atomic E-state index is 0.130. The first-order valence-corrected chi connectivity index (χ1v) is 8.46. The Hall–Kier alpha value is -1.63. The minimum atomic E-state index is -1.17. The number of nitrogens with one attached hydrogen (secondary N) is 1. The second-order valence-corrected chi connectivity index (χ2v) is 7.28. The molecule has 0 aliphatic carbocycles. The van der Waals surface area contributed by atoms with Gasteiger partial charge >= 0.3 is 0 Å². The van der Waals surface area contributed by atoms with Crippen LogP contribution in [0.5, 0.6) is 0 Å². The third kappa shape index (κ3) is 3.34. The fourth-order valence-electron chi connectivity index (χ4n) is 2.86. The number of ether oxygens (including phenoxy) is 1. The molecule has 1 aliphatic rings. The predicted molar refractivity (Wildman–Crippen MR) is 87.8 cm³/mol. The number of rotatable bonds is 4. The van der Waals surface area contributed by atoms with Gasteiger partial charge < -0.3 is 19.6 Å². The summed E-state index contributed by atoms with van der Waals surface area (Å²) in [5.74, 6) is 1.25. The molecule has 0 radical (unpaired) electrons. The quantitative estimate of drug-likeness (QED) is 0.901. The number of carbonyl (C=O) groups is 1. The van der Waals surface area contributed by atoms with E-state index in [2.05, 4.69) is 5.32 Å². The van der Waals surface area contributed by atoms with E-state index < -0.39 is 5.60 Å². The van der Waals surface area contributed by atoms with Gasteiger partial charge in [0.15, 0.2) is 0 Å². The maximum Gasteiger partial charge on any atom is 0.261 e. The number of furan rings is 1. The maximum absolute atomic E-state index is 12.4. The van der Waals surface area contributed by atoms with Gasteiger partial charge in [0.25, 0.3) is 5.91 Å². The number of aryl methyl sites for hydroxylation is 2. The molecule has 1 aliphatic heterocycles. The first-order valence-electron chi connectivity index (χ1n) is 7.64. The van der Waals surface area contributed by atoms with Gasteiger partial charge in [0.2, 0.25) is 0 Å². The van der Waals surface area contributed by atoms with Crippen LogP contribution in [0.15, 0.2) is 16.5 Å². The van der Waals surface area contributed by atoms with Crippen LogP contribution in [-0.4, -0.2) is 24.2 Å². The Morgan fingerprint density at radius 3 is 2.87 bits per heavy atom. The summed E-state index contributed by atoms with van der Waals surface area (Å²) in [4.78, 5) is 14.2. The molecule has 0 saturated heterocycles. The highest BCUT2D eigenvalue weighted by Gasteiger charge is 2.29. The third-order valence-electron chi connectivity index (χ3n) is 4.07. The topological polar surface area (TPSA) is 71.7 Å². The molecule has 124 valence electrons. The third-order valence-corrected chi connectivity index (χ3v) is 5.30. The molecule has 6 heteroatoms. The Bertz CT molecular complexity index is 706. The zero-order valence-corrected chi connectivity index (χ0v) is 14.4. The molecule has 0 bridgehead atoms. The number of amides is 1. The van der Waals surface area contributed by atoms with Crippen LogP contribution in [0.4, 0.5) is 0 Å². The Balaban J connectivity index is 1.68. The molecule has 0 aromatic carbocycles. The van der Waals surface area contributed by atoms with E-state index in [1.165, 1.54) is 16.2 Å². The van der Waals surface area contributed by atoms with Crippen LogP contribution in [0.3, 0.4) is 0 Å². The van der Waals surface area contributed by atoms with Gasteiger partial charge in [0.05, 0.1) is 24.6 Å². The van der Waals surface area contributed by atoms with Gasteiger partial charge in [-0.15, -0.1) is 11.3 Å². The van der Waals surface area contributed by atoms with Crippen LogP contribution in [0.2, 0.25) is 0 Å². The van der Waals surface area contributed by atoms with Crippen molar-refractivity contribution in [2.24, 2.45) is 0 Å². The first-order chi connectivity index (χ1) is 10.9. The summed E-state index contributed by atoms with van der Waals surface area (Å²) in [7, 11) is 0. The molecule has 23 heavy (non-hydrogen) atoms. The average molecular weight is 335 g/mol. The summed E-state index contributed by atoms with van der Waals surface area (Å²) in [6, 6.07) is 3.69. The van der Waals surface area contributed by atoms with Gasteiger partial charge in [-0.25, -0.2) is 0 Å². The van der Waals surface area contributed by atoms with Crippen molar-refractivity contribution in [2.45, 2.75) is 39.4 Å². The van der Waals surface area contributed by atoms with Crippen LogP contribution < -0.4 is 5.32 Å². The lowest BCUT2D eigenvalue weighted by atomic mass is 9.96. The Kier molecular flexibility index (Phi) is 4.31. The highest BCUT2D eigenvalue weighted by Crippen LogP contribution is 2.28. The van der Waals surface area contributed by atoms with Gasteiger partial charge in [-0.05, 0) is 38.5 Å². The van der Waals surface area contributed by atoms with Gasteiger partial charge in [-0.3, -0.25) is 4.79 Å². The number of hydrogen-bond donors (Lipinski definition) is 2. The van der Waals surface area contributed by atoms with Crippen molar-refractivity contribution in [3.05, 3.63) is 44.5 Å². The average Bonchev–Trinajstić information content (AvgIpc) is 3.08. The molecule has 0 spiro atoms. The summed E-state index contributed by atoms with van der Waals surface area (Å²) in [6.07, 6.45) is 0.860. The van der Waals surface area contributed by atoms with Crippen LogP contribution >= 0.6 is 11.3 Å². The standard InChI is InChI=1S/C17H21NO4S/c1-10-6-13(11(2)22-10)17(3,20)9-18-16(19)15-7-12-8-21-5-4-14(12)23-15/h6-7,20H,4-5,8-9H2,1-3H3,(H,18,19). The molecule has 5 nitrogen and oxygen atoms in total. The predicted octanol–water partition coefficient (Wildman–Crippen LogP) is 2.67. The van der Waals surface area contributed by atoms with E-state index in [1.807, 2.05) is 26.0 Å². The van der Waals surface area contributed by atoms with Crippen LogP contribution in [-0.2, 0) is 23.4 Å². The highest BCUT2D eigenvalue weighted by atomic mass is 32.1. The number of aliphatic hydroxyl groups is 1. The molecule has 1 unspecified atom stereocenters. The normalized spacial score (nSPS) is 16.7. The zero-order valence-electron chi connectivity index (χ0n) is 13.6. The van der Waals surface area contributed by atoms with Crippen LogP contribution in [0.1, 0.15) is 44.1 Å². The first kappa shape index (κ1) is 16.2. The van der Waals surface area contributed by atoms with Gasteiger partial charge in [0, 0.05) is 16.9 Å². The second kappa shape index (κ2) is 6.11. The van der Waals surface area contributed by atoms with E-state index >= 15 is 0 Å². The summed E-state index contributed by atoms with van der Waals surface area (Å²) in [5.41, 5.74) is 0.631. The Morgan fingerprint density at radius 1 is 1.43 bits per heavy atom. The van der Waals surface area contributed by atoms with Crippen LogP contribution in [0.25, 0.3) is 0 Å². The lowest BCUT2D eigenvalue weighted by Crippen LogP contribution is -2.38. The van der Waals surface area contributed by atoms with E-state index in [9.17, 15) is 9.90 Å². The molecule has 2 aromatic heterocycles. The fraction of sp³-hybridized carbons (Fsp3) is 0.471. The number of carbonyl (C=O) groups excluding carboxylic acids is 1. The van der Waals surface area contributed by atoms with Crippen molar-refractivity contribution in [3.8, 4) is 0 Å². The van der Waals surface area contributed by atoms with Crippen molar-refractivity contribution in [1.29, 1.82) is 0 Å². The van der Waals surface area contributed by atoms with Gasteiger partial charge in [-0.2, -0.15) is 0 Å². The molecule has 1 amide bonds. The molecule has 3 rings (SSSR count). The fourth-order valence-corrected chi connectivity index (χ4v) is 3.93. The monoisotopic (exact) mass is 335 g/mol. The Labute approximate surface area is 139 Å².